The van der Waals surface area contributed by atoms with E-state index in [1.54, 1.807) is 6.07 Å². The van der Waals surface area contributed by atoms with Gasteiger partial charge in [-0.15, -0.1) is 0 Å². The van der Waals surface area contributed by atoms with Gasteiger partial charge in [-0.1, -0.05) is 37.6 Å². The van der Waals surface area contributed by atoms with Crippen LogP contribution in [0.25, 0.3) is 5.57 Å². The van der Waals surface area contributed by atoms with E-state index in [0.717, 1.165) is 24.0 Å². The van der Waals surface area contributed by atoms with Crippen LogP contribution in [0.4, 0.5) is 0 Å². The highest BCUT2D eigenvalue weighted by atomic mass is 16.2. The fourth-order valence-electron chi connectivity index (χ4n) is 2.14. The first-order valence-corrected chi connectivity index (χ1v) is 6.30. The third kappa shape index (κ3) is 2.21. The van der Waals surface area contributed by atoms with E-state index in [0.29, 0.717) is 17.7 Å². The Hall–Kier alpha value is -1.90. The molecule has 0 spiro atoms. The number of fused-ring (bicyclic) bond motifs is 1. The summed E-state index contributed by atoms with van der Waals surface area (Å²) < 4.78 is 0. The van der Waals surface area contributed by atoms with Crippen LogP contribution in [0.2, 0.25) is 0 Å². The Morgan fingerprint density at radius 1 is 1.22 bits per heavy atom. The Morgan fingerprint density at radius 2 is 1.89 bits per heavy atom. The Labute approximate surface area is 107 Å². The monoisotopic (exact) mass is 243 g/mol. The maximum atomic E-state index is 12.1. The molecule has 0 aromatic heterocycles. The van der Waals surface area contributed by atoms with Gasteiger partial charge in [0.1, 0.15) is 0 Å². The van der Waals surface area contributed by atoms with E-state index in [1.807, 2.05) is 32.0 Å². The number of ketones is 1. The van der Waals surface area contributed by atoms with E-state index >= 15 is 0 Å². The Bertz CT molecular complexity index is 529. The summed E-state index contributed by atoms with van der Waals surface area (Å²) in [6.45, 7) is 3.91. The number of amides is 1. The van der Waals surface area contributed by atoms with E-state index in [-0.39, 0.29) is 11.7 Å². The number of nitrogens with one attached hydrogen (secondary N) is 1. The molecule has 2 rings (SSSR count). The first kappa shape index (κ1) is 12.6. The first-order valence-electron chi connectivity index (χ1n) is 6.30. The molecule has 1 aromatic carbocycles. The Morgan fingerprint density at radius 3 is 2.50 bits per heavy atom. The van der Waals surface area contributed by atoms with Crippen LogP contribution < -0.4 is 5.32 Å². The molecule has 0 saturated carbocycles. The lowest BCUT2D eigenvalue weighted by molar-refractivity contribution is -0.120. The minimum Gasteiger partial charge on any atom is -0.323 e. The van der Waals surface area contributed by atoms with Crippen molar-refractivity contribution in [2.45, 2.75) is 33.1 Å². The standard InChI is InChI=1S/C15H17NO2/c1-3-4-9-13(17)16-14-10(2)11-7-5-6-8-12(11)15(14)18/h5-8H,3-4,9H2,1-2H3,(H,16,17,18). The molecule has 3 heteroatoms. The zero-order valence-corrected chi connectivity index (χ0v) is 10.7. The Kier molecular flexibility index (Phi) is 3.60. The molecule has 1 amide bonds. The third-order valence-electron chi connectivity index (χ3n) is 3.20. The highest BCUT2D eigenvalue weighted by Crippen LogP contribution is 2.30. The lowest BCUT2D eigenvalue weighted by atomic mass is 10.1. The van der Waals surface area contributed by atoms with Crippen LogP contribution >= 0.6 is 0 Å². The van der Waals surface area contributed by atoms with Crippen LogP contribution in [0.1, 0.15) is 49.0 Å². The number of Topliss-reactive ketones (excluding diaryl/α,β-unsaturated/α-hetero) is 1. The molecule has 0 saturated heterocycles. The SMILES string of the molecule is CCCCC(=O)NC1=C(C)c2ccccc2C1=O. The minimum atomic E-state index is -0.0765. The van der Waals surface area contributed by atoms with Crippen LogP contribution in [-0.4, -0.2) is 11.7 Å². The lowest BCUT2D eigenvalue weighted by Gasteiger charge is -2.05. The van der Waals surface area contributed by atoms with Crippen molar-refractivity contribution in [2.75, 3.05) is 0 Å². The second-order valence-corrected chi connectivity index (χ2v) is 4.53. The molecule has 0 atom stereocenters. The molecule has 0 aliphatic heterocycles. The first-order chi connectivity index (χ1) is 8.65. The summed E-state index contributed by atoms with van der Waals surface area (Å²) in [5, 5.41) is 2.75. The predicted molar refractivity (Wildman–Crippen MR) is 71.0 cm³/mol. The maximum Gasteiger partial charge on any atom is 0.224 e. The van der Waals surface area contributed by atoms with Crippen LogP contribution in [0.5, 0.6) is 0 Å². The molecule has 0 fully saturated rings. The highest BCUT2D eigenvalue weighted by molar-refractivity contribution is 6.21. The van der Waals surface area contributed by atoms with Crippen molar-refractivity contribution >= 4 is 17.3 Å². The average molecular weight is 243 g/mol. The lowest BCUT2D eigenvalue weighted by Crippen LogP contribution is -2.25. The molecule has 0 radical (unpaired) electrons. The fraction of sp³-hybridized carbons (Fsp3) is 0.333. The molecule has 18 heavy (non-hydrogen) atoms. The largest absolute Gasteiger partial charge is 0.323 e. The van der Waals surface area contributed by atoms with Crippen molar-refractivity contribution in [3.8, 4) is 0 Å². The van der Waals surface area contributed by atoms with Crippen molar-refractivity contribution in [1.82, 2.24) is 5.32 Å². The summed E-state index contributed by atoms with van der Waals surface area (Å²) in [4.78, 5) is 23.8. The molecule has 1 aliphatic rings. The van der Waals surface area contributed by atoms with Crippen molar-refractivity contribution in [3.63, 3.8) is 0 Å². The third-order valence-corrected chi connectivity index (χ3v) is 3.20. The predicted octanol–water partition coefficient (Wildman–Crippen LogP) is 2.92. The Balaban J connectivity index is 2.19. The fourth-order valence-corrected chi connectivity index (χ4v) is 2.14. The van der Waals surface area contributed by atoms with Gasteiger partial charge in [0, 0.05) is 12.0 Å². The van der Waals surface area contributed by atoms with Crippen LogP contribution in [-0.2, 0) is 4.79 Å². The van der Waals surface area contributed by atoms with Gasteiger partial charge in [0.05, 0.1) is 5.70 Å². The number of unbranched alkanes of at least 4 members (excludes halogenated alkanes) is 1. The molecule has 1 aromatic rings. The number of hydrogen-bond donors (Lipinski definition) is 1. The van der Waals surface area contributed by atoms with E-state index < -0.39 is 0 Å². The second kappa shape index (κ2) is 5.17. The summed E-state index contributed by atoms with van der Waals surface area (Å²) in [6, 6.07) is 7.45. The molecule has 3 nitrogen and oxygen atoms in total. The highest BCUT2D eigenvalue weighted by Gasteiger charge is 2.27. The van der Waals surface area contributed by atoms with Gasteiger partial charge in [-0.2, -0.15) is 0 Å². The van der Waals surface area contributed by atoms with Gasteiger partial charge < -0.3 is 5.32 Å². The van der Waals surface area contributed by atoms with Gasteiger partial charge in [0.15, 0.2) is 0 Å². The van der Waals surface area contributed by atoms with Crippen molar-refractivity contribution in [1.29, 1.82) is 0 Å². The average Bonchev–Trinajstić information content (AvgIpc) is 2.62. The van der Waals surface area contributed by atoms with Gasteiger partial charge in [-0.3, -0.25) is 9.59 Å². The van der Waals surface area contributed by atoms with Gasteiger partial charge in [0.25, 0.3) is 0 Å². The summed E-state index contributed by atoms with van der Waals surface area (Å²) in [5.41, 5.74) is 2.91. The summed E-state index contributed by atoms with van der Waals surface area (Å²) in [6.07, 6.45) is 2.29. The van der Waals surface area contributed by atoms with Gasteiger partial charge in [0.2, 0.25) is 11.7 Å². The molecule has 1 N–H and O–H groups in total. The summed E-state index contributed by atoms with van der Waals surface area (Å²) in [7, 11) is 0. The summed E-state index contributed by atoms with van der Waals surface area (Å²) in [5.74, 6) is -0.152. The minimum absolute atomic E-state index is 0.0760. The zero-order chi connectivity index (χ0) is 13.1. The normalized spacial score (nSPS) is 13.8. The van der Waals surface area contributed by atoms with Crippen molar-refractivity contribution < 1.29 is 9.59 Å². The van der Waals surface area contributed by atoms with Gasteiger partial charge in [-0.25, -0.2) is 0 Å². The molecule has 0 bridgehead atoms. The van der Waals surface area contributed by atoms with E-state index in [4.69, 9.17) is 0 Å². The molecule has 0 unspecified atom stereocenters. The van der Waals surface area contributed by atoms with Gasteiger partial charge in [-0.05, 0) is 24.5 Å². The topological polar surface area (TPSA) is 46.2 Å². The summed E-state index contributed by atoms with van der Waals surface area (Å²) >= 11 is 0. The van der Waals surface area contributed by atoms with Crippen LogP contribution in [0.3, 0.4) is 0 Å². The smallest absolute Gasteiger partial charge is 0.224 e. The number of carbonyl (C=O) groups is 2. The van der Waals surface area contributed by atoms with Crippen LogP contribution in [0.15, 0.2) is 30.0 Å². The number of rotatable bonds is 4. The number of benzene rings is 1. The van der Waals surface area contributed by atoms with Crippen LogP contribution in [0, 0.1) is 0 Å². The van der Waals surface area contributed by atoms with Crippen molar-refractivity contribution in [3.05, 3.63) is 41.1 Å². The van der Waals surface area contributed by atoms with E-state index in [1.165, 1.54) is 0 Å². The quantitative estimate of drug-likeness (QED) is 0.883. The molecule has 0 heterocycles. The van der Waals surface area contributed by atoms with E-state index in [2.05, 4.69) is 5.32 Å². The van der Waals surface area contributed by atoms with E-state index in [9.17, 15) is 9.59 Å². The van der Waals surface area contributed by atoms with Crippen molar-refractivity contribution in [2.24, 2.45) is 0 Å². The molecular weight excluding hydrogens is 226 g/mol. The number of hydrogen-bond acceptors (Lipinski definition) is 2. The maximum absolute atomic E-state index is 12.1. The number of carbonyl (C=O) groups excluding carboxylic acids is 2. The second-order valence-electron chi connectivity index (χ2n) is 4.53. The molecule has 1 aliphatic carbocycles. The van der Waals surface area contributed by atoms with Gasteiger partial charge >= 0.3 is 0 Å². The molecular formula is C15H17NO2. The number of allylic oxidation sites excluding steroid dienone is 2. The molecule has 94 valence electrons. The zero-order valence-electron chi connectivity index (χ0n) is 10.7.